The van der Waals surface area contributed by atoms with Crippen molar-refractivity contribution in [3.05, 3.63) is 51.5 Å². The summed E-state index contributed by atoms with van der Waals surface area (Å²) in [7, 11) is -1.43. The summed E-state index contributed by atoms with van der Waals surface area (Å²) < 4.78 is 37.3. The minimum absolute atomic E-state index is 0.0206. The maximum atomic E-state index is 12.5. The Hall–Kier alpha value is -2.52. The Morgan fingerprint density at radius 2 is 1.71 bits per heavy atom. The summed E-state index contributed by atoms with van der Waals surface area (Å²) >= 11 is 5.96. The molecule has 0 spiro atoms. The fourth-order valence-corrected chi connectivity index (χ4v) is 3.43. The van der Waals surface area contributed by atoms with E-state index < -0.39 is 14.9 Å². The van der Waals surface area contributed by atoms with Crippen molar-refractivity contribution in [3.63, 3.8) is 0 Å². The molecule has 0 aliphatic rings. The molecule has 128 valence electrons. The Bertz CT molecular complexity index is 885. The van der Waals surface area contributed by atoms with E-state index in [1.807, 2.05) is 0 Å². The van der Waals surface area contributed by atoms with Crippen LogP contribution < -0.4 is 14.2 Å². The van der Waals surface area contributed by atoms with Gasteiger partial charge in [-0.2, -0.15) is 0 Å². The zero-order chi connectivity index (χ0) is 17.9. The van der Waals surface area contributed by atoms with Crippen molar-refractivity contribution in [1.82, 2.24) is 0 Å². The third kappa shape index (κ3) is 3.69. The molecule has 2 rings (SSSR count). The smallest absolute Gasteiger partial charge is 0.271 e. The number of nitrogens with one attached hydrogen (secondary N) is 1. The lowest BCUT2D eigenvalue weighted by molar-refractivity contribution is -0.385. The Morgan fingerprint density at radius 3 is 2.25 bits per heavy atom. The first-order chi connectivity index (χ1) is 11.3. The molecule has 1 N–H and O–H groups in total. The Kier molecular flexibility index (Phi) is 5.15. The van der Waals surface area contributed by atoms with Gasteiger partial charge < -0.3 is 9.47 Å². The SMILES string of the molecule is COc1ccc(NS(=O)(=O)c2cc([N+](=O)[O-])ccc2OC)cc1Cl. The van der Waals surface area contributed by atoms with Crippen LogP contribution in [0.25, 0.3) is 0 Å². The quantitative estimate of drug-likeness (QED) is 0.616. The van der Waals surface area contributed by atoms with Gasteiger partial charge in [-0.15, -0.1) is 0 Å². The predicted octanol–water partition coefficient (Wildman–Crippen LogP) is 3.07. The molecule has 2 aromatic rings. The molecule has 0 aliphatic carbocycles. The Balaban J connectivity index is 2.45. The molecule has 0 heterocycles. The molecular formula is C14H13ClN2O6S. The minimum Gasteiger partial charge on any atom is -0.495 e. The largest absolute Gasteiger partial charge is 0.495 e. The summed E-state index contributed by atoms with van der Waals surface area (Å²) in [6.07, 6.45) is 0. The summed E-state index contributed by atoms with van der Waals surface area (Å²) in [5.41, 5.74) is -0.196. The van der Waals surface area contributed by atoms with Gasteiger partial charge in [0.05, 0.1) is 29.9 Å². The maximum Gasteiger partial charge on any atom is 0.271 e. The molecule has 10 heteroatoms. The highest BCUT2D eigenvalue weighted by Crippen LogP contribution is 2.32. The fraction of sp³-hybridized carbons (Fsp3) is 0.143. The van der Waals surface area contributed by atoms with Crippen molar-refractivity contribution in [2.75, 3.05) is 18.9 Å². The third-order valence-electron chi connectivity index (χ3n) is 3.05. The zero-order valence-electron chi connectivity index (χ0n) is 12.6. The average molecular weight is 373 g/mol. The number of rotatable bonds is 6. The average Bonchev–Trinajstić information content (AvgIpc) is 2.54. The minimum atomic E-state index is -4.13. The van der Waals surface area contributed by atoms with Crippen molar-refractivity contribution < 1.29 is 22.8 Å². The number of hydrogen-bond donors (Lipinski definition) is 1. The molecule has 0 atom stereocenters. The van der Waals surface area contributed by atoms with Crippen LogP contribution >= 0.6 is 11.6 Å². The lowest BCUT2D eigenvalue weighted by Crippen LogP contribution is -2.14. The van der Waals surface area contributed by atoms with Gasteiger partial charge in [0.25, 0.3) is 15.7 Å². The van der Waals surface area contributed by atoms with Crippen LogP contribution in [0.15, 0.2) is 41.3 Å². The highest BCUT2D eigenvalue weighted by atomic mass is 35.5. The number of hydrogen-bond acceptors (Lipinski definition) is 6. The normalized spacial score (nSPS) is 11.0. The van der Waals surface area contributed by atoms with Crippen LogP contribution in [0.1, 0.15) is 0 Å². The first-order valence-corrected chi connectivity index (χ1v) is 8.33. The molecule has 0 aliphatic heterocycles. The number of anilines is 1. The van der Waals surface area contributed by atoms with E-state index in [9.17, 15) is 18.5 Å². The van der Waals surface area contributed by atoms with Crippen LogP contribution in [0.5, 0.6) is 11.5 Å². The first kappa shape index (κ1) is 17.8. The Labute approximate surface area is 143 Å². The number of sulfonamides is 1. The number of benzene rings is 2. The van der Waals surface area contributed by atoms with E-state index in [4.69, 9.17) is 21.1 Å². The van der Waals surface area contributed by atoms with Crippen molar-refractivity contribution in [2.45, 2.75) is 4.90 Å². The first-order valence-electron chi connectivity index (χ1n) is 6.47. The van der Waals surface area contributed by atoms with Gasteiger partial charge in [-0.3, -0.25) is 14.8 Å². The number of nitro groups is 1. The van der Waals surface area contributed by atoms with E-state index in [1.165, 1.54) is 38.5 Å². The summed E-state index contributed by atoms with van der Waals surface area (Å²) in [6.45, 7) is 0. The van der Waals surface area contributed by atoms with Gasteiger partial charge in [-0.1, -0.05) is 11.6 Å². The van der Waals surface area contributed by atoms with E-state index in [2.05, 4.69) is 4.72 Å². The van der Waals surface area contributed by atoms with E-state index >= 15 is 0 Å². The molecular weight excluding hydrogens is 360 g/mol. The van der Waals surface area contributed by atoms with Gasteiger partial charge >= 0.3 is 0 Å². The second-order valence-corrected chi connectivity index (χ2v) is 6.61. The van der Waals surface area contributed by atoms with Crippen LogP contribution in [0.4, 0.5) is 11.4 Å². The van der Waals surface area contributed by atoms with Crippen molar-refractivity contribution in [2.24, 2.45) is 0 Å². The topological polar surface area (TPSA) is 108 Å². The Morgan fingerprint density at radius 1 is 1.08 bits per heavy atom. The molecule has 24 heavy (non-hydrogen) atoms. The number of non-ortho nitro benzene ring substituents is 1. The number of nitro benzene ring substituents is 1. The van der Waals surface area contributed by atoms with Crippen molar-refractivity contribution >= 4 is 33.0 Å². The molecule has 0 radical (unpaired) electrons. The van der Waals surface area contributed by atoms with Crippen LogP contribution in [0.3, 0.4) is 0 Å². The van der Waals surface area contributed by atoms with E-state index in [-0.39, 0.29) is 27.0 Å². The second-order valence-electron chi connectivity index (χ2n) is 4.55. The molecule has 2 aromatic carbocycles. The standard InChI is InChI=1S/C14H13ClN2O6S/c1-22-12-5-3-9(7-11(12)15)16-24(20,21)14-8-10(17(18)19)4-6-13(14)23-2/h3-8,16H,1-2H3. The molecule has 0 aromatic heterocycles. The number of nitrogens with zero attached hydrogens (tertiary/aromatic N) is 1. The summed E-state index contributed by atoms with van der Waals surface area (Å²) in [5, 5.41) is 11.1. The molecule has 0 saturated heterocycles. The van der Waals surface area contributed by atoms with Gasteiger partial charge in [-0.05, 0) is 24.3 Å². The number of ether oxygens (including phenoxy) is 2. The van der Waals surface area contributed by atoms with Gasteiger partial charge in [0.2, 0.25) is 0 Å². The molecule has 0 unspecified atom stereocenters. The van der Waals surface area contributed by atoms with Gasteiger partial charge in [0.1, 0.15) is 16.4 Å². The summed E-state index contributed by atoms with van der Waals surface area (Å²) in [4.78, 5) is 9.82. The van der Waals surface area contributed by atoms with Gasteiger partial charge in [-0.25, -0.2) is 8.42 Å². The van der Waals surface area contributed by atoms with Gasteiger partial charge in [0, 0.05) is 12.1 Å². The molecule has 0 bridgehead atoms. The lowest BCUT2D eigenvalue weighted by atomic mass is 10.3. The lowest BCUT2D eigenvalue weighted by Gasteiger charge is -2.12. The van der Waals surface area contributed by atoms with Crippen LogP contribution in [0, 0.1) is 10.1 Å². The fourth-order valence-electron chi connectivity index (χ4n) is 1.93. The molecule has 0 amide bonds. The number of halogens is 1. The van der Waals surface area contributed by atoms with Crippen LogP contribution in [-0.4, -0.2) is 27.6 Å². The van der Waals surface area contributed by atoms with Crippen molar-refractivity contribution in [3.8, 4) is 11.5 Å². The summed E-state index contributed by atoms with van der Waals surface area (Å²) in [6, 6.07) is 7.60. The van der Waals surface area contributed by atoms with E-state index in [1.54, 1.807) is 0 Å². The van der Waals surface area contributed by atoms with Crippen LogP contribution in [-0.2, 0) is 10.0 Å². The van der Waals surface area contributed by atoms with Crippen LogP contribution in [0.2, 0.25) is 5.02 Å². The predicted molar refractivity (Wildman–Crippen MR) is 88.5 cm³/mol. The summed E-state index contributed by atoms with van der Waals surface area (Å²) in [5.74, 6) is 0.361. The third-order valence-corrected chi connectivity index (χ3v) is 4.75. The zero-order valence-corrected chi connectivity index (χ0v) is 14.2. The molecule has 8 nitrogen and oxygen atoms in total. The highest BCUT2D eigenvalue weighted by molar-refractivity contribution is 7.92. The number of methoxy groups -OCH3 is 2. The van der Waals surface area contributed by atoms with Crippen molar-refractivity contribution in [1.29, 1.82) is 0 Å². The second kappa shape index (κ2) is 6.93. The highest BCUT2D eigenvalue weighted by Gasteiger charge is 2.23. The molecule has 0 saturated carbocycles. The van der Waals surface area contributed by atoms with E-state index in [0.29, 0.717) is 5.75 Å². The van der Waals surface area contributed by atoms with E-state index in [0.717, 1.165) is 12.1 Å². The molecule has 0 fully saturated rings. The monoisotopic (exact) mass is 372 g/mol. The maximum absolute atomic E-state index is 12.5. The van der Waals surface area contributed by atoms with Gasteiger partial charge in [0.15, 0.2) is 0 Å².